The van der Waals surface area contributed by atoms with Gasteiger partial charge in [0.15, 0.2) is 5.71 Å². The summed E-state index contributed by atoms with van der Waals surface area (Å²) in [5.41, 5.74) is -0.364. The highest BCUT2D eigenvalue weighted by Gasteiger charge is 2.12. The zero-order chi connectivity index (χ0) is 9.84. The monoisotopic (exact) mass is 183 g/mol. The molecule has 0 atom stereocenters. The molecular weight excluding hydrogens is 177 g/mol. The van der Waals surface area contributed by atoms with Crippen LogP contribution < -0.4 is 0 Å². The molecule has 0 bridgehead atoms. The largest absolute Gasteiger partial charge is 0.476 e. The van der Waals surface area contributed by atoms with Gasteiger partial charge in [-0.3, -0.25) is 0 Å². The summed E-state index contributed by atoms with van der Waals surface area (Å²) in [5.74, 6) is -1.85. The summed E-state index contributed by atoms with van der Waals surface area (Å²) in [6.45, 7) is 0. The first-order valence-corrected chi connectivity index (χ1v) is 3.36. The molecule has 0 fully saturated rings. The molecule has 5 heteroatoms. The first kappa shape index (κ1) is 9.18. The fourth-order valence-corrected chi connectivity index (χ4v) is 0.832. The van der Waals surface area contributed by atoms with Crippen LogP contribution in [0.2, 0.25) is 0 Å². The van der Waals surface area contributed by atoms with E-state index in [-0.39, 0.29) is 5.56 Å². The quantitative estimate of drug-likeness (QED) is 0.409. The molecular formula is C8H6FNO3. The fourth-order valence-electron chi connectivity index (χ4n) is 0.832. The Balaban J connectivity index is 3.07. The second kappa shape index (κ2) is 3.66. The Morgan fingerprint density at radius 2 is 1.85 bits per heavy atom. The van der Waals surface area contributed by atoms with E-state index < -0.39 is 17.5 Å². The van der Waals surface area contributed by atoms with E-state index in [9.17, 15) is 9.18 Å². The van der Waals surface area contributed by atoms with E-state index in [2.05, 4.69) is 5.16 Å². The number of carboxylic acids is 1. The van der Waals surface area contributed by atoms with Crippen LogP contribution in [0.4, 0.5) is 4.39 Å². The lowest BCUT2D eigenvalue weighted by molar-refractivity contribution is -0.129. The van der Waals surface area contributed by atoms with Crippen molar-refractivity contribution in [2.75, 3.05) is 0 Å². The number of oxime groups is 1. The van der Waals surface area contributed by atoms with Crippen LogP contribution in [0.25, 0.3) is 0 Å². The van der Waals surface area contributed by atoms with Crippen molar-refractivity contribution in [3.8, 4) is 0 Å². The molecule has 0 saturated carbocycles. The van der Waals surface area contributed by atoms with Gasteiger partial charge in [0.1, 0.15) is 5.82 Å². The SMILES string of the molecule is O=C(O)C(=NO)c1ccc(F)cc1. The molecule has 1 rings (SSSR count). The normalized spacial score (nSPS) is 11.3. The second-order valence-electron chi connectivity index (χ2n) is 2.26. The van der Waals surface area contributed by atoms with Crippen molar-refractivity contribution in [2.45, 2.75) is 0 Å². The summed E-state index contributed by atoms with van der Waals surface area (Å²) in [4.78, 5) is 10.4. The highest BCUT2D eigenvalue weighted by Crippen LogP contribution is 2.04. The minimum atomic E-state index is -1.37. The topological polar surface area (TPSA) is 69.9 Å². The van der Waals surface area contributed by atoms with Crippen LogP contribution in [0.5, 0.6) is 0 Å². The molecule has 2 N–H and O–H groups in total. The molecule has 0 aromatic heterocycles. The van der Waals surface area contributed by atoms with Crippen molar-refractivity contribution in [3.05, 3.63) is 35.6 Å². The summed E-state index contributed by atoms with van der Waals surface area (Å²) in [6, 6.07) is 4.62. The first-order chi connectivity index (χ1) is 6.15. The van der Waals surface area contributed by atoms with Gasteiger partial charge in [0.05, 0.1) is 0 Å². The molecule has 68 valence electrons. The fraction of sp³-hybridized carbons (Fsp3) is 0. The highest BCUT2D eigenvalue weighted by molar-refractivity contribution is 6.42. The molecule has 0 unspecified atom stereocenters. The van der Waals surface area contributed by atoms with E-state index in [1.165, 1.54) is 12.1 Å². The average Bonchev–Trinajstić information content (AvgIpc) is 2.09. The van der Waals surface area contributed by atoms with Crippen molar-refractivity contribution < 1.29 is 19.5 Å². The lowest BCUT2D eigenvalue weighted by Crippen LogP contribution is -2.14. The number of hydrogen-bond donors (Lipinski definition) is 2. The Labute approximate surface area is 72.9 Å². The minimum absolute atomic E-state index is 0.149. The van der Waals surface area contributed by atoms with Gasteiger partial charge in [-0.05, 0) is 24.3 Å². The van der Waals surface area contributed by atoms with E-state index in [1.807, 2.05) is 0 Å². The average molecular weight is 183 g/mol. The number of nitrogens with zero attached hydrogens (tertiary/aromatic N) is 1. The molecule has 1 aromatic carbocycles. The maximum absolute atomic E-state index is 12.4. The predicted molar refractivity (Wildman–Crippen MR) is 42.4 cm³/mol. The third-order valence-electron chi connectivity index (χ3n) is 1.42. The van der Waals surface area contributed by atoms with Crippen molar-refractivity contribution >= 4 is 11.7 Å². The molecule has 0 aliphatic carbocycles. The zero-order valence-electron chi connectivity index (χ0n) is 6.44. The number of halogens is 1. The molecule has 0 amide bonds. The summed E-state index contributed by atoms with van der Waals surface area (Å²) < 4.78 is 12.4. The molecule has 13 heavy (non-hydrogen) atoms. The highest BCUT2D eigenvalue weighted by atomic mass is 19.1. The minimum Gasteiger partial charge on any atom is -0.476 e. The van der Waals surface area contributed by atoms with Gasteiger partial charge in [0.25, 0.3) is 0 Å². The molecule has 1 aromatic rings. The third kappa shape index (κ3) is 2.02. The van der Waals surface area contributed by atoms with E-state index in [1.54, 1.807) is 0 Å². The van der Waals surface area contributed by atoms with Gasteiger partial charge < -0.3 is 10.3 Å². The summed E-state index contributed by atoms with van der Waals surface area (Å²) >= 11 is 0. The number of benzene rings is 1. The molecule has 0 radical (unpaired) electrons. The molecule has 0 spiro atoms. The summed E-state index contributed by atoms with van der Waals surface area (Å²) in [6.07, 6.45) is 0. The lowest BCUT2D eigenvalue weighted by atomic mass is 10.1. The third-order valence-corrected chi connectivity index (χ3v) is 1.42. The molecule has 0 heterocycles. The Morgan fingerprint density at radius 3 is 2.23 bits per heavy atom. The number of hydrogen-bond acceptors (Lipinski definition) is 3. The van der Waals surface area contributed by atoms with Crippen LogP contribution in [0, 0.1) is 5.82 Å². The maximum atomic E-state index is 12.4. The van der Waals surface area contributed by atoms with Crippen LogP contribution in [-0.4, -0.2) is 22.0 Å². The number of carboxylic acid groups (broad SMARTS) is 1. The molecule has 4 nitrogen and oxygen atoms in total. The van der Waals surface area contributed by atoms with E-state index in [0.29, 0.717) is 0 Å². The first-order valence-electron chi connectivity index (χ1n) is 3.36. The van der Waals surface area contributed by atoms with E-state index in [4.69, 9.17) is 10.3 Å². The predicted octanol–water partition coefficient (Wildman–Crippen LogP) is 1.09. The van der Waals surface area contributed by atoms with Crippen molar-refractivity contribution in [1.82, 2.24) is 0 Å². The second-order valence-corrected chi connectivity index (χ2v) is 2.26. The van der Waals surface area contributed by atoms with Crippen molar-refractivity contribution in [1.29, 1.82) is 0 Å². The van der Waals surface area contributed by atoms with Gasteiger partial charge in [-0.2, -0.15) is 0 Å². The Kier molecular flexibility index (Phi) is 2.59. The van der Waals surface area contributed by atoms with Crippen molar-refractivity contribution in [3.63, 3.8) is 0 Å². The van der Waals surface area contributed by atoms with E-state index >= 15 is 0 Å². The van der Waals surface area contributed by atoms with Crippen LogP contribution in [0.3, 0.4) is 0 Å². The Bertz CT molecular complexity index is 345. The zero-order valence-corrected chi connectivity index (χ0v) is 6.44. The summed E-state index contributed by atoms with van der Waals surface area (Å²) in [5, 5.41) is 19.4. The van der Waals surface area contributed by atoms with Crippen LogP contribution in [0.15, 0.2) is 29.4 Å². The van der Waals surface area contributed by atoms with Gasteiger partial charge in [0.2, 0.25) is 0 Å². The number of aliphatic carboxylic acids is 1. The van der Waals surface area contributed by atoms with Gasteiger partial charge in [-0.1, -0.05) is 5.16 Å². The van der Waals surface area contributed by atoms with Gasteiger partial charge >= 0.3 is 5.97 Å². The van der Waals surface area contributed by atoms with Gasteiger partial charge in [0, 0.05) is 5.56 Å². The van der Waals surface area contributed by atoms with Crippen LogP contribution >= 0.6 is 0 Å². The molecule has 0 aliphatic heterocycles. The maximum Gasteiger partial charge on any atom is 0.358 e. The van der Waals surface area contributed by atoms with Crippen molar-refractivity contribution in [2.24, 2.45) is 5.16 Å². The van der Waals surface area contributed by atoms with Gasteiger partial charge in [-0.25, -0.2) is 9.18 Å². The summed E-state index contributed by atoms with van der Waals surface area (Å²) in [7, 11) is 0. The molecule has 0 aliphatic rings. The Hall–Kier alpha value is -1.91. The number of carbonyl (C=O) groups is 1. The Morgan fingerprint density at radius 1 is 1.31 bits per heavy atom. The number of rotatable bonds is 2. The van der Waals surface area contributed by atoms with Gasteiger partial charge in [-0.15, -0.1) is 0 Å². The lowest BCUT2D eigenvalue weighted by Gasteiger charge is -1.97. The van der Waals surface area contributed by atoms with Crippen LogP contribution in [-0.2, 0) is 4.79 Å². The standard InChI is InChI=1S/C8H6FNO3/c9-6-3-1-5(2-4-6)7(10-13)8(11)12/h1-4,13H,(H,11,12). The van der Waals surface area contributed by atoms with E-state index in [0.717, 1.165) is 12.1 Å². The smallest absolute Gasteiger partial charge is 0.358 e. The van der Waals surface area contributed by atoms with Crippen LogP contribution in [0.1, 0.15) is 5.56 Å². The molecule has 0 saturated heterocycles.